The van der Waals surface area contributed by atoms with Gasteiger partial charge in [0.05, 0.1) is 59.0 Å². The third-order valence-electron chi connectivity index (χ3n) is 6.15. The molecule has 168 valence electrons. The number of nitrogens with one attached hydrogen (secondary N) is 1. The van der Waals surface area contributed by atoms with E-state index in [2.05, 4.69) is 15.4 Å². The summed E-state index contributed by atoms with van der Waals surface area (Å²) >= 11 is 0. The van der Waals surface area contributed by atoms with Crippen LogP contribution in [0.15, 0.2) is 36.5 Å². The minimum Gasteiger partial charge on any atom is -0.390 e. The van der Waals surface area contributed by atoms with Crippen LogP contribution in [0.1, 0.15) is 35.0 Å². The van der Waals surface area contributed by atoms with Gasteiger partial charge in [0.1, 0.15) is 11.4 Å². The summed E-state index contributed by atoms with van der Waals surface area (Å²) in [6.45, 7) is 2.47. The van der Waals surface area contributed by atoms with E-state index in [4.69, 9.17) is 0 Å². The highest BCUT2D eigenvalue weighted by atomic mass is 19.1. The minimum atomic E-state index is -1.27. The monoisotopic (exact) mass is 448 g/mol. The second-order valence-corrected chi connectivity index (χ2v) is 8.51. The summed E-state index contributed by atoms with van der Waals surface area (Å²) in [7, 11) is 0. The number of aliphatic hydroxyl groups excluding tert-OH is 1. The van der Waals surface area contributed by atoms with Gasteiger partial charge >= 0.3 is 0 Å². The number of rotatable bonds is 3. The molecule has 9 nitrogen and oxygen atoms in total. The van der Waals surface area contributed by atoms with Gasteiger partial charge in [0.2, 0.25) is 0 Å². The molecule has 2 aliphatic heterocycles. The normalized spacial score (nSPS) is 22.1. The number of carbonyl (C=O) groups is 1. The molecule has 0 bridgehead atoms. The molecule has 2 atom stereocenters. The van der Waals surface area contributed by atoms with Gasteiger partial charge in [0.15, 0.2) is 5.82 Å². The van der Waals surface area contributed by atoms with Gasteiger partial charge in [-0.2, -0.15) is 10.4 Å². The van der Waals surface area contributed by atoms with Crippen LogP contribution in [0.25, 0.3) is 16.9 Å². The van der Waals surface area contributed by atoms with Crippen LogP contribution in [0.4, 0.5) is 10.2 Å². The summed E-state index contributed by atoms with van der Waals surface area (Å²) in [5.41, 5.74) is 0.358. The maximum atomic E-state index is 14.7. The molecule has 3 N–H and O–H groups in total. The van der Waals surface area contributed by atoms with E-state index in [9.17, 15) is 24.7 Å². The lowest BCUT2D eigenvalue weighted by molar-refractivity contribution is -0.0693. The molecule has 33 heavy (non-hydrogen) atoms. The molecule has 1 unspecified atom stereocenters. The van der Waals surface area contributed by atoms with Gasteiger partial charge in [0.25, 0.3) is 5.91 Å². The van der Waals surface area contributed by atoms with Gasteiger partial charge in [-0.3, -0.25) is 4.79 Å². The van der Waals surface area contributed by atoms with Crippen LogP contribution in [0.3, 0.4) is 0 Å². The third-order valence-corrected chi connectivity index (χ3v) is 6.15. The summed E-state index contributed by atoms with van der Waals surface area (Å²) in [4.78, 5) is 18.9. The summed E-state index contributed by atoms with van der Waals surface area (Å²) < 4.78 is 16.2. The summed E-state index contributed by atoms with van der Waals surface area (Å²) in [6.07, 6.45) is 1.24. The number of fused-ring (bicyclic) bond motifs is 1. The van der Waals surface area contributed by atoms with Gasteiger partial charge in [-0.05, 0) is 31.5 Å². The van der Waals surface area contributed by atoms with Crippen molar-refractivity contribution in [3.8, 4) is 23.0 Å². The Morgan fingerprint density at radius 2 is 2.15 bits per heavy atom. The fourth-order valence-corrected chi connectivity index (χ4v) is 4.37. The molecule has 0 radical (unpaired) electrons. The van der Waals surface area contributed by atoms with E-state index in [1.54, 1.807) is 25.3 Å². The number of β-amino-alcohol motifs (C(OH)–C–C–N with tert-alkyl or cyclic N) is 1. The van der Waals surface area contributed by atoms with Crippen molar-refractivity contribution in [1.29, 1.82) is 5.26 Å². The van der Waals surface area contributed by atoms with E-state index in [0.717, 1.165) is 0 Å². The molecule has 0 aliphatic carbocycles. The first-order valence-corrected chi connectivity index (χ1v) is 10.5. The molecule has 2 aliphatic rings. The number of carbonyl (C=O) groups excluding carboxylic acids is 1. The predicted molar refractivity (Wildman–Crippen MR) is 116 cm³/mol. The molecular formula is C23H21FN6O3. The lowest BCUT2D eigenvalue weighted by Crippen LogP contribution is -2.55. The largest absolute Gasteiger partial charge is 0.390 e. The first-order chi connectivity index (χ1) is 15.8. The summed E-state index contributed by atoms with van der Waals surface area (Å²) in [5.74, 6) is -0.328. The van der Waals surface area contributed by atoms with Crippen LogP contribution in [-0.2, 0) is 6.54 Å². The molecule has 1 fully saturated rings. The molecule has 0 spiro atoms. The van der Waals surface area contributed by atoms with Crippen molar-refractivity contribution in [2.75, 3.05) is 18.0 Å². The van der Waals surface area contributed by atoms with E-state index in [1.165, 1.54) is 22.9 Å². The lowest BCUT2D eigenvalue weighted by Gasteiger charge is -2.40. The van der Waals surface area contributed by atoms with Crippen molar-refractivity contribution < 1.29 is 19.4 Å². The third kappa shape index (κ3) is 3.51. The number of halogens is 1. The smallest absolute Gasteiger partial charge is 0.255 e. The van der Waals surface area contributed by atoms with E-state index < -0.39 is 17.5 Å². The van der Waals surface area contributed by atoms with E-state index in [1.807, 2.05) is 11.0 Å². The number of benzene rings is 1. The zero-order valence-corrected chi connectivity index (χ0v) is 17.8. The van der Waals surface area contributed by atoms with E-state index in [0.29, 0.717) is 35.7 Å². The highest BCUT2D eigenvalue weighted by Gasteiger charge is 2.37. The number of pyridine rings is 1. The van der Waals surface area contributed by atoms with Crippen LogP contribution in [-0.4, -0.2) is 55.7 Å². The number of piperidine rings is 1. The van der Waals surface area contributed by atoms with Crippen molar-refractivity contribution in [2.24, 2.45) is 0 Å². The quantitative estimate of drug-likeness (QED) is 0.554. The Morgan fingerprint density at radius 3 is 2.91 bits per heavy atom. The molecule has 1 aromatic carbocycles. The van der Waals surface area contributed by atoms with E-state index >= 15 is 0 Å². The van der Waals surface area contributed by atoms with Gasteiger partial charge in [-0.25, -0.2) is 14.1 Å². The van der Waals surface area contributed by atoms with Gasteiger partial charge < -0.3 is 20.4 Å². The average Bonchev–Trinajstić information content (AvgIpc) is 3.42. The minimum absolute atomic E-state index is 0.0665. The SMILES string of the molecule is CC1(O)CN(c2ccn(-c3cc(-c4c(F)cccc4C#N)nc4c3C(=O)NC4)n2)CC[C@H]1O. The number of aliphatic hydroxyl groups is 2. The number of nitriles is 1. The van der Waals surface area contributed by atoms with Crippen molar-refractivity contribution in [2.45, 2.75) is 31.6 Å². The Kier molecular flexibility index (Phi) is 4.88. The predicted octanol–water partition coefficient (Wildman–Crippen LogP) is 1.51. The standard InChI is InChI=1S/C23H21FN6O3/c1-23(33)12-29(7-5-18(23)31)19-6-8-30(28-19)17-9-15(27-16-11-26-22(32)21(16)17)20-13(10-25)3-2-4-14(20)24/h2-4,6,8-9,18,31,33H,5,7,11-12H2,1H3,(H,26,32)/t18-,23?/m1/s1. The Morgan fingerprint density at radius 1 is 1.33 bits per heavy atom. The first-order valence-electron chi connectivity index (χ1n) is 10.5. The molecule has 10 heteroatoms. The van der Waals surface area contributed by atoms with Crippen LogP contribution in [0.5, 0.6) is 0 Å². The second-order valence-electron chi connectivity index (χ2n) is 8.51. The molecule has 4 heterocycles. The molecule has 2 aromatic heterocycles. The molecule has 3 aromatic rings. The van der Waals surface area contributed by atoms with Crippen molar-refractivity contribution in [3.63, 3.8) is 0 Å². The number of anilines is 1. The topological polar surface area (TPSA) is 127 Å². The van der Waals surface area contributed by atoms with Crippen LogP contribution in [0.2, 0.25) is 0 Å². The van der Waals surface area contributed by atoms with Gasteiger partial charge in [-0.1, -0.05) is 6.07 Å². The zero-order chi connectivity index (χ0) is 23.3. The average molecular weight is 448 g/mol. The van der Waals surface area contributed by atoms with Gasteiger partial charge in [-0.15, -0.1) is 0 Å². The molecule has 0 saturated carbocycles. The van der Waals surface area contributed by atoms with Crippen LogP contribution in [0, 0.1) is 17.1 Å². The first kappa shape index (κ1) is 21.1. The highest BCUT2D eigenvalue weighted by molar-refractivity contribution is 6.01. The number of nitrogens with zero attached hydrogens (tertiary/aromatic N) is 5. The van der Waals surface area contributed by atoms with Crippen LogP contribution < -0.4 is 10.2 Å². The summed E-state index contributed by atoms with van der Waals surface area (Å²) in [5, 5.41) is 37.2. The maximum Gasteiger partial charge on any atom is 0.255 e. The highest BCUT2D eigenvalue weighted by Crippen LogP contribution is 2.32. The molecule has 5 rings (SSSR count). The Hall–Kier alpha value is -3.81. The maximum absolute atomic E-state index is 14.7. The van der Waals surface area contributed by atoms with Crippen molar-refractivity contribution in [1.82, 2.24) is 20.1 Å². The Balaban J connectivity index is 1.60. The Labute approximate surface area is 188 Å². The molecule has 1 saturated heterocycles. The molecular weight excluding hydrogens is 427 g/mol. The van der Waals surface area contributed by atoms with Crippen molar-refractivity contribution in [3.05, 3.63) is 59.2 Å². The number of amides is 1. The fraction of sp³-hybridized carbons (Fsp3) is 0.304. The number of hydrogen-bond donors (Lipinski definition) is 3. The van der Waals surface area contributed by atoms with Crippen molar-refractivity contribution >= 4 is 11.7 Å². The fourth-order valence-electron chi connectivity index (χ4n) is 4.37. The molecule has 1 amide bonds. The van der Waals surface area contributed by atoms with Gasteiger partial charge in [0, 0.05) is 18.8 Å². The van der Waals surface area contributed by atoms with E-state index in [-0.39, 0.29) is 35.8 Å². The number of hydrogen-bond acceptors (Lipinski definition) is 7. The number of aromatic nitrogens is 3. The lowest BCUT2D eigenvalue weighted by atomic mass is 9.92. The van der Waals surface area contributed by atoms with Crippen LogP contribution >= 0.6 is 0 Å². The second kappa shape index (κ2) is 7.65. The zero-order valence-electron chi connectivity index (χ0n) is 17.8. The Bertz CT molecular complexity index is 1310. The summed E-state index contributed by atoms with van der Waals surface area (Å²) in [6, 6.07) is 9.52.